The van der Waals surface area contributed by atoms with Crippen molar-refractivity contribution in [2.45, 2.75) is 39.8 Å². The van der Waals surface area contributed by atoms with Crippen molar-refractivity contribution in [3.8, 4) is 5.75 Å². The standard InChI is InChI=1S/C15H21N3O/c1-4-12(3)19-14-8-6-7-13(11-14)17-15-16-9-10-18(15)5-2/h6-12H,4-5H2,1-3H3,(H,16,17). The zero-order valence-electron chi connectivity index (χ0n) is 11.8. The van der Waals surface area contributed by atoms with Crippen LogP contribution in [0.4, 0.5) is 11.6 Å². The lowest BCUT2D eigenvalue weighted by atomic mass is 10.3. The van der Waals surface area contributed by atoms with Gasteiger partial charge in [0, 0.05) is 30.7 Å². The van der Waals surface area contributed by atoms with Crippen LogP contribution in [0.25, 0.3) is 0 Å². The second-order valence-electron chi connectivity index (χ2n) is 4.53. The summed E-state index contributed by atoms with van der Waals surface area (Å²) in [4.78, 5) is 4.30. The van der Waals surface area contributed by atoms with Crippen molar-refractivity contribution < 1.29 is 4.74 Å². The summed E-state index contributed by atoms with van der Waals surface area (Å²) >= 11 is 0. The van der Waals surface area contributed by atoms with Crippen molar-refractivity contribution in [2.75, 3.05) is 5.32 Å². The molecule has 1 N–H and O–H groups in total. The van der Waals surface area contributed by atoms with Gasteiger partial charge in [0.1, 0.15) is 5.75 Å². The fourth-order valence-corrected chi connectivity index (χ4v) is 1.78. The van der Waals surface area contributed by atoms with Crippen LogP contribution < -0.4 is 10.1 Å². The zero-order valence-corrected chi connectivity index (χ0v) is 11.8. The molecule has 1 aromatic carbocycles. The predicted molar refractivity (Wildman–Crippen MR) is 78.0 cm³/mol. The normalized spacial score (nSPS) is 12.2. The maximum atomic E-state index is 5.81. The number of imidazole rings is 1. The van der Waals surface area contributed by atoms with Crippen molar-refractivity contribution in [2.24, 2.45) is 0 Å². The summed E-state index contributed by atoms with van der Waals surface area (Å²) in [6.45, 7) is 7.18. The van der Waals surface area contributed by atoms with Gasteiger partial charge in [-0.15, -0.1) is 0 Å². The molecule has 0 aliphatic carbocycles. The number of aryl methyl sites for hydroxylation is 1. The van der Waals surface area contributed by atoms with Crippen LogP contribution in [0.1, 0.15) is 27.2 Å². The van der Waals surface area contributed by atoms with Crippen molar-refractivity contribution in [1.29, 1.82) is 0 Å². The van der Waals surface area contributed by atoms with E-state index in [2.05, 4.69) is 35.6 Å². The number of hydrogen-bond donors (Lipinski definition) is 1. The SMILES string of the molecule is CCC(C)Oc1cccc(Nc2nccn2CC)c1. The summed E-state index contributed by atoms with van der Waals surface area (Å²) in [6.07, 6.45) is 4.98. The number of rotatable bonds is 6. The van der Waals surface area contributed by atoms with Crippen molar-refractivity contribution in [3.05, 3.63) is 36.7 Å². The maximum absolute atomic E-state index is 5.81. The average molecular weight is 259 g/mol. The molecule has 0 saturated carbocycles. The molecule has 0 spiro atoms. The molecule has 1 atom stereocenters. The molecule has 19 heavy (non-hydrogen) atoms. The van der Waals surface area contributed by atoms with Gasteiger partial charge in [-0.05, 0) is 32.4 Å². The molecule has 4 heteroatoms. The van der Waals surface area contributed by atoms with Crippen molar-refractivity contribution >= 4 is 11.6 Å². The van der Waals surface area contributed by atoms with Gasteiger partial charge in [-0.1, -0.05) is 13.0 Å². The van der Waals surface area contributed by atoms with Gasteiger partial charge in [0.25, 0.3) is 0 Å². The topological polar surface area (TPSA) is 39.1 Å². The molecular weight excluding hydrogens is 238 g/mol. The number of nitrogens with one attached hydrogen (secondary N) is 1. The van der Waals surface area contributed by atoms with E-state index in [0.717, 1.165) is 30.4 Å². The molecule has 1 aromatic heterocycles. The smallest absolute Gasteiger partial charge is 0.207 e. The molecule has 0 fully saturated rings. The van der Waals surface area contributed by atoms with Gasteiger partial charge >= 0.3 is 0 Å². The molecule has 1 unspecified atom stereocenters. The summed E-state index contributed by atoms with van der Waals surface area (Å²) in [5, 5.41) is 3.31. The summed E-state index contributed by atoms with van der Waals surface area (Å²) in [6, 6.07) is 7.97. The van der Waals surface area contributed by atoms with E-state index in [1.807, 2.05) is 30.5 Å². The summed E-state index contributed by atoms with van der Waals surface area (Å²) < 4.78 is 7.87. The highest BCUT2D eigenvalue weighted by molar-refractivity contribution is 5.56. The van der Waals surface area contributed by atoms with E-state index in [1.165, 1.54) is 0 Å². The Morgan fingerprint density at radius 1 is 1.37 bits per heavy atom. The van der Waals surface area contributed by atoms with E-state index in [-0.39, 0.29) is 6.10 Å². The molecule has 102 valence electrons. The summed E-state index contributed by atoms with van der Waals surface area (Å²) in [5.41, 5.74) is 0.988. The molecule has 0 amide bonds. The lowest BCUT2D eigenvalue weighted by Gasteiger charge is -2.14. The van der Waals surface area contributed by atoms with Crippen LogP contribution in [0.2, 0.25) is 0 Å². The Kier molecular flexibility index (Phi) is 4.44. The number of benzene rings is 1. The van der Waals surface area contributed by atoms with Gasteiger partial charge in [-0.2, -0.15) is 0 Å². The van der Waals surface area contributed by atoms with Gasteiger partial charge in [-0.3, -0.25) is 0 Å². The average Bonchev–Trinajstić information content (AvgIpc) is 2.86. The lowest BCUT2D eigenvalue weighted by molar-refractivity contribution is 0.217. The second kappa shape index (κ2) is 6.27. The fraction of sp³-hybridized carbons (Fsp3) is 0.400. The zero-order chi connectivity index (χ0) is 13.7. The fourth-order valence-electron chi connectivity index (χ4n) is 1.78. The third-order valence-electron chi connectivity index (χ3n) is 3.06. The summed E-state index contributed by atoms with van der Waals surface area (Å²) in [7, 11) is 0. The Labute approximate surface area is 114 Å². The maximum Gasteiger partial charge on any atom is 0.207 e. The minimum absolute atomic E-state index is 0.230. The first-order valence-corrected chi connectivity index (χ1v) is 6.77. The van der Waals surface area contributed by atoms with E-state index >= 15 is 0 Å². The van der Waals surface area contributed by atoms with E-state index in [4.69, 9.17) is 4.74 Å². The van der Waals surface area contributed by atoms with Crippen LogP contribution >= 0.6 is 0 Å². The van der Waals surface area contributed by atoms with Gasteiger partial charge in [0.2, 0.25) is 5.95 Å². The lowest BCUT2D eigenvalue weighted by Crippen LogP contribution is -2.09. The Morgan fingerprint density at radius 2 is 2.21 bits per heavy atom. The van der Waals surface area contributed by atoms with Crippen LogP contribution in [0.15, 0.2) is 36.7 Å². The van der Waals surface area contributed by atoms with Crippen LogP contribution in [0.3, 0.4) is 0 Å². The third kappa shape index (κ3) is 3.50. The Hall–Kier alpha value is -1.97. The van der Waals surface area contributed by atoms with Gasteiger partial charge in [0.15, 0.2) is 0 Å². The first kappa shape index (κ1) is 13.5. The number of aromatic nitrogens is 2. The number of anilines is 2. The van der Waals surface area contributed by atoms with Gasteiger partial charge in [0.05, 0.1) is 6.10 Å². The second-order valence-corrected chi connectivity index (χ2v) is 4.53. The highest BCUT2D eigenvalue weighted by atomic mass is 16.5. The molecular formula is C15H21N3O. The van der Waals surface area contributed by atoms with Gasteiger partial charge < -0.3 is 14.6 Å². The molecule has 4 nitrogen and oxygen atoms in total. The molecule has 0 bridgehead atoms. The van der Waals surface area contributed by atoms with Crippen LogP contribution in [0, 0.1) is 0 Å². The molecule has 2 aromatic rings. The van der Waals surface area contributed by atoms with Crippen molar-refractivity contribution in [3.63, 3.8) is 0 Å². The third-order valence-corrected chi connectivity index (χ3v) is 3.06. The predicted octanol–water partition coefficient (Wildman–Crippen LogP) is 3.82. The van der Waals surface area contributed by atoms with E-state index in [0.29, 0.717) is 0 Å². The Bertz CT molecular complexity index is 522. The number of nitrogens with zero attached hydrogens (tertiary/aromatic N) is 2. The monoisotopic (exact) mass is 259 g/mol. The minimum Gasteiger partial charge on any atom is -0.491 e. The van der Waals surface area contributed by atoms with Crippen LogP contribution in [0.5, 0.6) is 5.75 Å². The highest BCUT2D eigenvalue weighted by Gasteiger charge is 2.04. The number of ether oxygens (including phenoxy) is 1. The largest absolute Gasteiger partial charge is 0.491 e. The highest BCUT2D eigenvalue weighted by Crippen LogP contribution is 2.22. The first-order valence-electron chi connectivity index (χ1n) is 6.77. The quantitative estimate of drug-likeness (QED) is 0.857. The van der Waals surface area contributed by atoms with Gasteiger partial charge in [-0.25, -0.2) is 4.98 Å². The Morgan fingerprint density at radius 3 is 2.95 bits per heavy atom. The molecule has 0 radical (unpaired) electrons. The first-order chi connectivity index (χ1) is 9.22. The van der Waals surface area contributed by atoms with Crippen LogP contribution in [-0.2, 0) is 6.54 Å². The molecule has 0 saturated heterocycles. The van der Waals surface area contributed by atoms with E-state index in [9.17, 15) is 0 Å². The summed E-state index contributed by atoms with van der Waals surface area (Å²) in [5.74, 6) is 1.73. The molecule has 2 rings (SSSR count). The molecule has 0 aliphatic heterocycles. The van der Waals surface area contributed by atoms with E-state index in [1.54, 1.807) is 6.20 Å². The molecule has 1 heterocycles. The molecule has 0 aliphatic rings. The van der Waals surface area contributed by atoms with Crippen LogP contribution in [-0.4, -0.2) is 15.7 Å². The van der Waals surface area contributed by atoms with E-state index < -0.39 is 0 Å². The minimum atomic E-state index is 0.230. The number of hydrogen-bond acceptors (Lipinski definition) is 3. The van der Waals surface area contributed by atoms with Crippen molar-refractivity contribution in [1.82, 2.24) is 9.55 Å². The Balaban J connectivity index is 2.11.